The van der Waals surface area contributed by atoms with E-state index in [0.717, 1.165) is 5.56 Å². The maximum absolute atomic E-state index is 12.2. The molecule has 28 heavy (non-hydrogen) atoms. The van der Waals surface area contributed by atoms with Crippen molar-refractivity contribution in [2.45, 2.75) is 6.42 Å². The van der Waals surface area contributed by atoms with E-state index in [1.165, 1.54) is 0 Å². The van der Waals surface area contributed by atoms with E-state index in [0.29, 0.717) is 55.8 Å². The van der Waals surface area contributed by atoms with Gasteiger partial charge in [-0.25, -0.2) is 14.8 Å². The standard InChI is InChI=1S/C21H20N4O3/c26-21(27)18-17(14-15-6-2-1-3-7-15)23-19(16-8-4-5-9-22-16)24-20(18)25-10-12-28-13-11-25/h1-9H,10-14H2,(H,26,27). The molecule has 2 aromatic heterocycles. The molecule has 4 rings (SSSR count). The molecule has 3 heterocycles. The van der Waals surface area contributed by atoms with Crippen LogP contribution in [-0.4, -0.2) is 52.3 Å². The van der Waals surface area contributed by atoms with E-state index in [9.17, 15) is 9.90 Å². The number of carboxylic acid groups (broad SMARTS) is 1. The SMILES string of the molecule is O=C(O)c1c(Cc2ccccc2)nc(-c2ccccn2)nc1N1CCOCC1. The highest BCUT2D eigenvalue weighted by atomic mass is 16.5. The first-order chi connectivity index (χ1) is 13.7. The van der Waals surface area contributed by atoms with E-state index < -0.39 is 5.97 Å². The first-order valence-corrected chi connectivity index (χ1v) is 9.14. The highest BCUT2D eigenvalue weighted by Crippen LogP contribution is 2.27. The normalized spacial score (nSPS) is 14.1. The fourth-order valence-corrected chi connectivity index (χ4v) is 3.24. The molecule has 1 aliphatic heterocycles. The molecule has 0 amide bonds. The number of hydrogen-bond donors (Lipinski definition) is 1. The average molecular weight is 376 g/mol. The van der Waals surface area contributed by atoms with Gasteiger partial charge in [-0.15, -0.1) is 0 Å². The molecule has 7 heteroatoms. The van der Waals surface area contributed by atoms with Crippen molar-refractivity contribution in [2.24, 2.45) is 0 Å². The molecular weight excluding hydrogens is 356 g/mol. The molecule has 1 aromatic carbocycles. The Morgan fingerprint density at radius 1 is 1.04 bits per heavy atom. The van der Waals surface area contributed by atoms with Gasteiger partial charge in [0.25, 0.3) is 0 Å². The highest BCUT2D eigenvalue weighted by molar-refractivity contribution is 5.95. The molecule has 7 nitrogen and oxygen atoms in total. The molecule has 0 spiro atoms. The lowest BCUT2D eigenvalue weighted by Gasteiger charge is -2.29. The fraction of sp³-hybridized carbons (Fsp3) is 0.238. The van der Waals surface area contributed by atoms with Crippen molar-refractivity contribution in [3.8, 4) is 11.5 Å². The molecule has 0 atom stereocenters. The third-order valence-corrected chi connectivity index (χ3v) is 4.60. The maximum Gasteiger partial charge on any atom is 0.341 e. The Hall–Kier alpha value is -3.32. The Bertz CT molecular complexity index is 958. The van der Waals surface area contributed by atoms with Crippen LogP contribution in [-0.2, 0) is 11.2 Å². The first kappa shape index (κ1) is 18.1. The van der Waals surface area contributed by atoms with Gasteiger partial charge in [-0.2, -0.15) is 0 Å². The zero-order chi connectivity index (χ0) is 19.3. The molecule has 0 radical (unpaired) electrons. The number of morpholine rings is 1. The summed E-state index contributed by atoms with van der Waals surface area (Å²) in [5.74, 6) is -0.171. The molecule has 3 aromatic rings. The summed E-state index contributed by atoms with van der Waals surface area (Å²) in [6.07, 6.45) is 2.08. The lowest BCUT2D eigenvalue weighted by Crippen LogP contribution is -2.38. The summed E-state index contributed by atoms with van der Waals surface area (Å²) in [7, 11) is 0. The van der Waals surface area contributed by atoms with Gasteiger partial charge in [-0.05, 0) is 17.7 Å². The van der Waals surface area contributed by atoms with Crippen molar-refractivity contribution in [3.63, 3.8) is 0 Å². The number of benzene rings is 1. The van der Waals surface area contributed by atoms with Gasteiger partial charge in [0, 0.05) is 25.7 Å². The molecule has 0 saturated carbocycles. The van der Waals surface area contributed by atoms with E-state index in [-0.39, 0.29) is 5.56 Å². The molecular formula is C21H20N4O3. The second-order valence-electron chi connectivity index (χ2n) is 6.47. The molecule has 1 fully saturated rings. The molecule has 1 saturated heterocycles. The van der Waals surface area contributed by atoms with Gasteiger partial charge >= 0.3 is 5.97 Å². The number of anilines is 1. The lowest BCUT2D eigenvalue weighted by molar-refractivity contribution is 0.0694. The summed E-state index contributed by atoms with van der Waals surface area (Å²) >= 11 is 0. The average Bonchev–Trinajstić information content (AvgIpc) is 2.75. The smallest absolute Gasteiger partial charge is 0.341 e. The second kappa shape index (κ2) is 8.14. The zero-order valence-corrected chi connectivity index (χ0v) is 15.3. The fourth-order valence-electron chi connectivity index (χ4n) is 3.24. The van der Waals surface area contributed by atoms with E-state index in [2.05, 4.69) is 15.0 Å². The van der Waals surface area contributed by atoms with E-state index >= 15 is 0 Å². The third-order valence-electron chi connectivity index (χ3n) is 4.60. The Morgan fingerprint density at radius 3 is 2.46 bits per heavy atom. The van der Waals surface area contributed by atoms with Crippen molar-refractivity contribution in [1.82, 2.24) is 15.0 Å². The minimum atomic E-state index is -1.03. The molecule has 0 unspecified atom stereocenters. The summed E-state index contributed by atoms with van der Waals surface area (Å²) in [6, 6.07) is 15.2. The van der Waals surface area contributed by atoms with Gasteiger partial charge in [-0.1, -0.05) is 36.4 Å². The summed E-state index contributed by atoms with van der Waals surface area (Å²) in [6.45, 7) is 2.25. The molecule has 1 N–H and O–H groups in total. The quantitative estimate of drug-likeness (QED) is 0.732. The molecule has 1 aliphatic rings. The van der Waals surface area contributed by atoms with Crippen LogP contribution in [0.4, 0.5) is 5.82 Å². The van der Waals surface area contributed by atoms with Crippen LogP contribution in [0.2, 0.25) is 0 Å². The third kappa shape index (κ3) is 3.84. The zero-order valence-electron chi connectivity index (χ0n) is 15.3. The first-order valence-electron chi connectivity index (χ1n) is 9.14. The number of ether oxygens (including phenoxy) is 1. The van der Waals surface area contributed by atoms with Crippen molar-refractivity contribution in [3.05, 3.63) is 71.5 Å². The van der Waals surface area contributed by atoms with Crippen LogP contribution in [0.25, 0.3) is 11.5 Å². The highest BCUT2D eigenvalue weighted by Gasteiger charge is 2.26. The lowest BCUT2D eigenvalue weighted by atomic mass is 10.0. The minimum Gasteiger partial charge on any atom is -0.477 e. The van der Waals surface area contributed by atoms with Crippen molar-refractivity contribution in [2.75, 3.05) is 31.2 Å². The van der Waals surface area contributed by atoms with Crippen molar-refractivity contribution >= 4 is 11.8 Å². The Balaban J connectivity index is 1.87. The predicted octanol–water partition coefficient (Wildman–Crippen LogP) is 2.66. The summed E-state index contributed by atoms with van der Waals surface area (Å²) in [5.41, 5.74) is 2.23. The molecule has 142 valence electrons. The molecule has 0 bridgehead atoms. The van der Waals surface area contributed by atoms with Crippen LogP contribution < -0.4 is 4.90 Å². The monoisotopic (exact) mass is 376 g/mol. The van der Waals surface area contributed by atoms with Gasteiger partial charge in [-0.3, -0.25) is 4.98 Å². The Labute approximate surface area is 162 Å². The van der Waals surface area contributed by atoms with Gasteiger partial charge in [0.1, 0.15) is 17.1 Å². The summed E-state index contributed by atoms with van der Waals surface area (Å²) < 4.78 is 5.42. The number of rotatable bonds is 5. The predicted molar refractivity (Wildman–Crippen MR) is 105 cm³/mol. The van der Waals surface area contributed by atoms with E-state index in [1.807, 2.05) is 53.4 Å². The van der Waals surface area contributed by atoms with Crippen LogP contribution in [0.15, 0.2) is 54.7 Å². The number of carbonyl (C=O) groups is 1. The number of hydrogen-bond acceptors (Lipinski definition) is 6. The number of nitrogens with zero attached hydrogens (tertiary/aromatic N) is 4. The number of pyridine rings is 1. The maximum atomic E-state index is 12.2. The van der Waals surface area contributed by atoms with Gasteiger partial charge in [0.2, 0.25) is 0 Å². The van der Waals surface area contributed by atoms with E-state index in [4.69, 9.17) is 4.74 Å². The molecule has 0 aliphatic carbocycles. The van der Waals surface area contributed by atoms with Gasteiger partial charge < -0.3 is 14.7 Å². The van der Waals surface area contributed by atoms with E-state index in [1.54, 1.807) is 6.20 Å². The van der Waals surface area contributed by atoms with Crippen LogP contribution in [0.5, 0.6) is 0 Å². The van der Waals surface area contributed by atoms with Gasteiger partial charge in [0.15, 0.2) is 5.82 Å². The van der Waals surface area contributed by atoms with Crippen LogP contribution in [0, 0.1) is 0 Å². The summed E-state index contributed by atoms with van der Waals surface area (Å²) in [4.78, 5) is 27.7. The van der Waals surface area contributed by atoms with Crippen LogP contribution >= 0.6 is 0 Å². The Morgan fingerprint density at radius 2 is 1.79 bits per heavy atom. The second-order valence-corrected chi connectivity index (χ2v) is 6.47. The largest absolute Gasteiger partial charge is 0.477 e. The Kier molecular flexibility index (Phi) is 5.25. The number of aromatic carboxylic acids is 1. The van der Waals surface area contributed by atoms with Crippen molar-refractivity contribution < 1.29 is 14.6 Å². The topological polar surface area (TPSA) is 88.4 Å². The van der Waals surface area contributed by atoms with Crippen LogP contribution in [0.1, 0.15) is 21.6 Å². The number of aromatic nitrogens is 3. The van der Waals surface area contributed by atoms with Gasteiger partial charge in [0.05, 0.1) is 18.9 Å². The summed E-state index contributed by atoms with van der Waals surface area (Å²) in [5, 5.41) is 9.96. The van der Waals surface area contributed by atoms with Crippen molar-refractivity contribution in [1.29, 1.82) is 0 Å². The number of carboxylic acids is 1. The minimum absolute atomic E-state index is 0.144. The van der Waals surface area contributed by atoms with Crippen LogP contribution in [0.3, 0.4) is 0 Å².